The summed E-state index contributed by atoms with van der Waals surface area (Å²) in [5.41, 5.74) is 9.74. The van der Waals surface area contributed by atoms with Crippen LogP contribution in [0.4, 0.5) is 5.69 Å². The zero-order valence-corrected chi connectivity index (χ0v) is 12.3. The topological polar surface area (TPSA) is 60.2 Å². The van der Waals surface area contributed by atoms with Crippen molar-refractivity contribution in [2.24, 2.45) is 5.73 Å². The molecule has 0 saturated heterocycles. The van der Waals surface area contributed by atoms with Gasteiger partial charge >= 0.3 is 0 Å². The maximum absolute atomic E-state index is 5.75. The minimum Gasteiger partial charge on any atom is -0.497 e. The molecule has 2 aromatic rings. The summed E-state index contributed by atoms with van der Waals surface area (Å²) in [6.07, 6.45) is 3.63. The molecule has 0 amide bonds. The van der Waals surface area contributed by atoms with Gasteiger partial charge in [-0.05, 0) is 36.2 Å². The number of thiocarbonyl (C=S) groups is 1. The fourth-order valence-electron chi connectivity index (χ4n) is 1.90. The summed E-state index contributed by atoms with van der Waals surface area (Å²) in [6.45, 7) is 2.71. The molecule has 1 aromatic carbocycles. The van der Waals surface area contributed by atoms with E-state index in [-0.39, 0.29) is 0 Å². The summed E-state index contributed by atoms with van der Waals surface area (Å²) in [7, 11) is 1.63. The van der Waals surface area contributed by atoms with Crippen LogP contribution in [0.25, 0.3) is 0 Å². The van der Waals surface area contributed by atoms with Crippen molar-refractivity contribution in [3.05, 3.63) is 53.3 Å². The number of anilines is 1. The Morgan fingerprint density at radius 2 is 2.20 bits per heavy atom. The predicted octanol–water partition coefficient (Wildman–Crippen LogP) is 2.64. The Morgan fingerprint density at radius 3 is 2.85 bits per heavy atom. The van der Waals surface area contributed by atoms with Crippen molar-refractivity contribution in [3.8, 4) is 5.75 Å². The second kappa shape index (κ2) is 6.34. The van der Waals surface area contributed by atoms with E-state index in [1.165, 1.54) is 5.56 Å². The number of aromatic nitrogens is 1. The first kappa shape index (κ1) is 14.3. The van der Waals surface area contributed by atoms with E-state index < -0.39 is 0 Å². The first-order valence-electron chi connectivity index (χ1n) is 6.23. The molecule has 0 fully saturated rings. The predicted molar refractivity (Wildman–Crippen MR) is 85.2 cm³/mol. The molecule has 0 aliphatic rings. The number of benzene rings is 1. The van der Waals surface area contributed by atoms with Gasteiger partial charge in [-0.2, -0.15) is 0 Å². The molecule has 20 heavy (non-hydrogen) atoms. The zero-order valence-electron chi connectivity index (χ0n) is 11.5. The number of nitrogens with one attached hydrogen (secondary N) is 1. The second-order valence-corrected chi connectivity index (χ2v) is 4.87. The molecule has 0 saturated carbocycles. The van der Waals surface area contributed by atoms with E-state index in [9.17, 15) is 0 Å². The number of ether oxygens (including phenoxy) is 1. The van der Waals surface area contributed by atoms with Crippen molar-refractivity contribution in [1.29, 1.82) is 0 Å². The summed E-state index contributed by atoms with van der Waals surface area (Å²) in [5.74, 6) is 0.763. The molecule has 3 N–H and O–H groups in total. The van der Waals surface area contributed by atoms with E-state index in [0.29, 0.717) is 11.5 Å². The highest BCUT2D eigenvalue weighted by atomic mass is 32.1. The van der Waals surface area contributed by atoms with Crippen LogP contribution in [0.3, 0.4) is 0 Å². The molecule has 5 heteroatoms. The number of aryl methyl sites for hydroxylation is 1. The van der Waals surface area contributed by atoms with Crippen LogP contribution in [-0.4, -0.2) is 17.1 Å². The summed E-state index contributed by atoms with van der Waals surface area (Å²) in [4.78, 5) is 4.45. The quantitative estimate of drug-likeness (QED) is 0.828. The number of nitrogens with two attached hydrogens (primary N) is 1. The SMILES string of the molecule is COc1ccc(C(N)=S)c(NCc2ccncc2C)c1. The molecule has 2 rings (SSSR count). The highest BCUT2D eigenvalue weighted by Gasteiger charge is 2.07. The fourth-order valence-corrected chi connectivity index (χ4v) is 2.08. The summed E-state index contributed by atoms with van der Waals surface area (Å²) in [5, 5.41) is 3.35. The minimum atomic E-state index is 0.363. The van der Waals surface area contributed by atoms with E-state index in [2.05, 4.69) is 10.3 Å². The van der Waals surface area contributed by atoms with E-state index in [1.807, 2.05) is 37.4 Å². The Kier molecular flexibility index (Phi) is 4.53. The number of pyridine rings is 1. The molecule has 1 aromatic heterocycles. The molecule has 0 unspecified atom stereocenters. The maximum atomic E-state index is 5.75. The van der Waals surface area contributed by atoms with Crippen LogP contribution < -0.4 is 15.8 Å². The molecule has 104 valence electrons. The van der Waals surface area contributed by atoms with Crippen LogP contribution in [0.1, 0.15) is 16.7 Å². The largest absolute Gasteiger partial charge is 0.497 e. The lowest BCUT2D eigenvalue weighted by atomic mass is 10.1. The first-order valence-corrected chi connectivity index (χ1v) is 6.64. The van der Waals surface area contributed by atoms with Crippen LogP contribution in [0.2, 0.25) is 0 Å². The van der Waals surface area contributed by atoms with Crippen molar-refractivity contribution in [2.75, 3.05) is 12.4 Å². The van der Waals surface area contributed by atoms with Crippen LogP contribution >= 0.6 is 12.2 Å². The van der Waals surface area contributed by atoms with Crippen LogP contribution in [-0.2, 0) is 6.54 Å². The first-order chi connectivity index (χ1) is 9.61. The Labute approximate surface area is 124 Å². The van der Waals surface area contributed by atoms with Gasteiger partial charge in [-0.25, -0.2) is 0 Å². The Morgan fingerprint density at radius 1 is 1.40 bits per heavy atom. The van der Waals surface area contributed by atoms with Gasteiger partial charge in [0.05, 0.1) is 7.11 Å². The average molecular weight is 287 g/mol. The lowest BCUT2D eigenvalue weighted by Gasteiger charge is -2.13. The number of methoxy groups -OCH3 is 1. The summed E-state index contributed by atoms with van der Waals surface area (Å²) in [6, 6.07) is 7.59. The summed E-state index contributed by atoms with van der Waals surface area (Å²) >= 11 is 5.07. The van der Waals surface area contributed by atoms with E-state index >= 15 is 0 Å². The van der Waals surface area contributed by atoms with Gasteiger partial charge in [0.25, 0.3) is 0 Å². The van der Waals surface area contributed by atoms with Gasteiger partial charge in [-0.3, -0.25) is 4.98 Å². The number of hydrogen-bond donors (Lipinski definition) is 2. The molecule has 0 aliphatic carbocycles. The van der Waals surface area contributed by atoms with Gasteiger partial charge in [0, 0.05) is 36.3 Å². The van der Waals surface area contributed by atoms with Crippen molar-refractivity contribution in [3.63, 3.8) is 0 Å². The fraction of sp³-hybridized carbons (Fsp3) is 0.200. The summed E-state index contributed by atoms with van der Waals surface area (Å²) < 4.78 is 5.23. The molecule has 1 heterocycles. The van der Waals surface area contributed by atoms with Gasteiger partial charge in [-0.1, -0.05) is 12.2 Å². The van der Waals surface area contributed by atoms with Crippen LogP contribution in [0.15, 0.2) is 36.7 Å². The van der Waals surface area contributed by atoms with Gasteiger partial charge < -0.3 is 15.8 Å². The van der Waals surface area contributed by atoms with Gasteiger partial charge in [-0.15, -0.1) is 0 Å². The Hall–Kier alpha value is -2.14. The standard InChI is InChI=1S/C15H17N3OS/c1-10-8-17-6-5-11(10)9-18-14-7-12(19-2)3-4-13(14)15(16)20/h3-8,18H,9H2,1-2H3,(H2,16,20). The van der Waals surface area contributed by atoms with Gasteiger partial charge in [0.15, 0.2) is 0 Å². The smallest absolute Gasteiger partial charge is 0.120 e. The van der Waals surface area contributed by atoms with E-state index in [4.69, 9.17) is 22.7 Å². The number of nitrogens with zero attached hydrogens (tertiary/aromatic N) is 1. The van der Waals surface area contributed by atoms with Crippen LogP contribution in [0.5, 0.6) is 5.75 Å². The molecule has 0 aliphatic heterocycles. The minimum absolute atomic E-state index is 0.363. The molecular formula is C15H17N3OS. The third-order valence-corrected chi connectivity index (χ3v) is 3.32. The number of rotatable bonds is 5. The Balaban J connectivity index is 2.24. The molecule has 0 radical (unpaired) electrons. The van der Waals surface area contributed by atoms with Crippen molar-refractivity contribution < 1.29 is 4.74 Å². The molecular weight excluding hydrogens is 270 g/mol. The lowest BCUT2D eigenvalue weighted by molar-refractivity contribution is 0.415. The highest BCUT2D eigenvalue weighted by molar-refractivity contribution is 7.80. The van der Waals surface area contributed by atoms with Gasteiger partial charge in [0.1, 0.15) is 10.7 Å². The van der Waals surface area contributed by atoms with Crippen molar-refractivity contribution in [1.82, 2.24) is 4.98 Å². The van der Waals surface area contributed by atoms with E-state index in [1.54, 1.807) is 13.3 Å². The second-order valence-electron chi connectivity index (χ2n) is 4.43. The van der Waals surface area contributed by atoms with E-state index in [0.717, 1.165) is 22.6 Å². The highest BCUT2D eigenvalue weighted by Crippen LogP contribution is 2.23. The lowest BCUT2D eigenvalue weighted by Crippen LogP contribution is -2.13. The Bertz CT molecular complexity index is 628. The maximum Gasteiger partial charge on any atom is 0.120 e. The zero-order chi connectivity index (χ0) is 14.5. The molecule has 0 bridgehead atoms. The molecule has 0 atom stereocenters. The van der Waals surface area contributed by atoms with Gasteiger partial charge in [0.2, 0.25) is 0 Å². The third kappa shape index (κ3) is 3.24. The van der Waals surface area contributed by atoms with Crippen molar-refractivity contribution in [2.45, 2.75) is 13.5 Å². The third-order valence-electron chi connectivity index (χ3n) is 3.10. The normalized spacial score (nSPS) is 10.1. The van der Waals surface area contributed by atoms with Crippen molar-refractivity contribution >= 4 is 22.9 Å². The monoisotopic (exact) mass is 287 g/mol. The number of hydrogen-bond acceptors (Lipinski definition) is 4. The van der Waals surface area contributed by atoms with Crippen LogP contribution in [0, 0.1) is 6.92 Å². The molecule has 0 spiro atoms. The molecule has 4 nitrogen and oxygen atoms in total. The average Bonchev–Trinajstić information content (AvgIpc) is 2.46.